The second kappa shape index (κ2) is 6.76. The van der Waals surface area contributed by atoms with E-state index in [2.05, 4.69) is 37.9 Å². The molecule has 1 heterocycles. The maximum Gasteiger partial charge on any atom is 0.0478 e. The summed E-state index contributed by atoms with van der Waals surface area (Å²) in [6.45, 7) is 14.5. The number of nitrogens with one attached hydrogen (secondary N) is 1. The van der Waals surface area contributed by atoms with Gasteiger partial charge in [-0.3, -0.25) is 4.90 Å². The van der Waals surface area contributed by atoms with Crippen molar-refractivity contribution < 1.29 is 4.74 Å². The molecule has 2 rings (SSSR count). The van der Waals surface area contributed by atoms with Gasteiger partial charge in [0.15, 0.2) is 0 Å². The molecule has 118 valence electrons. The molecule has 1 N–H and O–H groups in total. The summed E-state index contributed by atoms with van der Waals surface area (Å²) in [7, 11) is 0. The van der Waals surface area contributed by atoms with Gasteiger partial charge in [-0.15, -0.1) is 0 Å². The fourth-order valence-electron chi connectivity index (χ4n) is 3.84. The highest BCUT2D eigenvalue weighted by atomic mass is 16.5. The number of rotatable bonds is 5. The second-order valence-electron chi connectivity index (χ2n) is 7.73. The lowest BCUT2D eigenvalue weighted by molar-refractivity contribution is 0.0101. The van der Waals surface area contributed by atoms with E-state index in [4.69, 9.17) is 4.74 Å². The third-order valence-electron chi connectivity index (χ3n) is 5.25. The molecule has 2 aliphatic rings. The van der Waals surface area contributed by atoms with Crippen LogP contribution in [0.1, 0.15) is 59.8 Å². The SMILES string of the molecule is CCOCCCN1CC(C(C)(C)C)NCC12CCCC2. The van der Waals surface area contributed by atoms with Crippen LogP contribution in [0.15, 0.2) is 0 Å². The number of hydrogen-bond acceptors (Lipinski definition) is 3. The maximum atomic E-state index is 5.53. The minimum absolute atomic E-state index is 0.346. The smallest absolute Gasteiger partial charge is 0.0478 e. The third kappa shape index (κ3) is 3.75. The molecule has 1 spiro atoms. The molecule has 0 radical (unpaired) electrons. The Morgan fingerprint density at radius 2 is 1.95 bits per heavy atom. The monoisotopic (exact) mass is 282 g/mol. The minimum Gasteiger partial charge on any atom is -0.382 e. The van der Waals surface area contributed by atoms with Crippen molar-refractivity contribution in [3.63, 3.8) is 0 Å². The van der Waals surface area contributed by atoms with Crippen LogP contribution in [0.2, 0.25) is 0 Å². The largest absolute Gasteiger partial charge is 0.382 e. The highest BCUT2D eigenvalue weighted by molar-refractivity contribution is 5.03. The van der Waals surface area contributed by atoms with Crippen LogP contribution in [0.5, 0.6) is 0 Å². The number of piperazine rings is 1. The summed E-state index contributed by atoms with van der Waals surface area (Å²) in [5.41, 5.74) is 0.798. The average molecular weight is 282 g/mol. The van der Waals surface area contributed by atoms with Crippen LogP contribution in [0.3, 0.4) is 0 Å². The van der Waals surface area contributed by atoms with E-state index in [1.807, 2.05) is 0 Å². The van der Waals surface area contributed by atoms with E-state index in [9.17, 15) is 0 Å². The van der Waals surface area contributed by atoms with Gasteiger partial charge in [0.25, 0.3) is 0 Å². The van der Waals surface area contributed by atoms with Crippen molar-refractivity contribution in [1.82, 2.24) is 10.2 Å². The molecule has 0 aromatic rings. The summed E-state index contributed by atoms with van der Waals surface area (Å²) < 4.78 is 5.53. The number of nitrogens with zero attached hydrogens (tertiary/aromatic N) is 1. The van der Waals surface area contributed by atoms with Crippen molar-refractivity contribution in [3.8, 4) is 0 Å². The van der Waals surface area contributed by atoms with E-state index in [1.54, 1.807) is 0 Å². The average Bonchev–Trinajstić information content (AvgIpc) is 2.84. The van der Waals surface area contributed by atoms with Crippen molar-refractivity contribution in [2.45, 2.75) is 71.4 Å². The topological polar surface area (TPSA) is 24.5 Å². The summed E-state index contributed by atoms with van der Waals surface area (Å²) in [6.07, 6.45) is 6.75. The summed E-state index contributed by atoms with van der Waals surface area (Å²) in [6, 6.07) is 0.612. The third-order valence-corrected chi connectivity index (χ3v) is 5.25. The predicted molar refractivity (Wildman–Crippen MR) is 85.1 cm³/mol. The lowest BCUT2D eigenvalue weighted by Gasteiger charge is -2.51. The molecule has 1 aliphatic heterocycles. The molecule has 1 unspecified atom stereocenters. The van der Waals surface area contributed by atoms with Crippen LogP contribution in [0.4, 0.5) is 0 Å². The summed E-state index contributed by atoms with van der Waals surface area (Å²) in [5.74, 6) is 0. The summed E-state index contributed by atoms with van der Waals surface area (Å²) in [4.78, 5) is 2.80. The fraction of sp³-hybridized carbons (Fsp3) is 1.00. The molecule has 20 heavy (non-hydrogen) atoms. The Hall–Kier alpha value is -0.120. The van der Waals surface area contributed by atoms with E-state index in [1.165, 1.54) is 51.7 Å². The molecule has 3 heteroatoms. The van der Waals surface area contributed by atoms with Crippen LogP contribution in [-0.2, 0) is 4.74 Å². The van der Waals surface area contributed by atoms with Crippen molar-refractivity contribution in [2.75, 3.05) is 32.8 Å². The van der Waals surface area contributed by atoms with Gasteiger partial charge in [0.1, 0.15) is 0 Å². The van der Waals surface area contributed by atoms with Crippen molar-refractivity contribution in [2.24, 2.45) is 5.41 Å². The predicted octanol–water partition coefficient (Wildman–Crippen LogP) is 3.05. The lowest BCUT2D eigenvalue weighted by Crippen LogP contribution is -2.66. The Morgan fingerprint density at radius 3 is 2.55 bits per heavy atom. The minimum atomic E-state index is 0.346. The zero-order chi connectivity index (χ0) is 14.6. The Balaban J connectivity index is 1.96. The fourth-order valence-corrected chi connectivity index (χ4v) is 3.84. The zero-order valence-corrected chi connectivity index (χ0v) is 14.0. The van der Waals surface area contributed by atoms with Crippen LogP contribution in [-0.4, -0.2) is 49.3 Å². The molecule has 0 aromatic carbocycles. The molecule has 0 bridgehead atoms. The Morgan fingerprint density at radius 1 is 1.25 bits per heavy atom. The standard InChI is InChI=1S/C17H34N2O/c1-5-20-12-8-11-19-13-15(16(2,3)4)18-14-17(19)9-6-7-10-17/h15,18H,5-14H2,1-4H3. The first-order valence-electron chi connectivity index (χ1n) is 8.54. The lowest BCUT2D eigenvalue weighted by atomic mass is 9.81. The van der Waals surface area contributed by atoms with Crippen molar-refractivity contribution >= 4 is 0 Å². The first-order valence-corrected chi connectivity index (χ1v) is 8.54. The quantitative estimate of drug-likeness (QED) is 0.784. The summed E-state index contributed by atoms with van der Waals surface area (Å²) >= 11 is 0. The first kappa shape index (κ1) is 16.3. The van der Waals surface area contributed by atoms with Gasteiger partial charge in [0.2, 0.25) is 0 Å². The van der Waals surface area contributed by atoms with Gasteiger partial charge in [-0.05, 0) is 31.6 Å². The first-order chi connectivity index (χ1) is 9.48. The molecule has 0 amide bonds. The van der Waals surface area contributed by atoms with Crippen LogP contribution < -0.4 is 5.32 Å². The Kier molecular flexibility index (Phi) is 5.49. The van der Waals surface area contributed by atoms with Gasteiger partial charge >= 0.3 is 0 Å². The Bertz CT molecular complexity index is 292. The molecule has 1 saturated carbocycles. The van der Waals surface area contributed by atoms with Gasteiger partial charge in [-0.2, -0.15) is 0 Å². The van der Waals surface area contributed by atoms with E-state index in [0.717, 1.165) is 13.2 Å². The van der Waals surface area contributed by atoms with Gasteiger partial charge in [-0.25, -0.2) is 0 Å². The molecule has 1 saturated heterocycles. The van der Waals surface area contributed by atoms with Gasteiger partial charge < -0.3 is 10.1 Å². The van der Waals surface area contributed by atoms with Crippen LogP contribution in [0, 0.1) is 5.41 Å². The highest BCUT2D eigenvalue weighted by Gasteiger charge is 2.45. The molecule has 0 aromatic heterocycles. The van der Waals surface area contributed by atoms with Gasteiger partial charge in [-0.1, -0.05) is 33.6 Å². The molecule has 1 aliphatic carbocycles. The van der Waals surface area contributed by atoms with Gasteiger partial charge in [0.05, 0.1) is 0 Å². The molecule has 2 fully saturated rings. The molecular formula is C17H34N2O. The summed E-state index contributed by atoms with van der Waals surface area (Å²) in [5, 5.41) is 3.85. The number of hydrogen-bond donors (Lipinski definition) is 1. The molecule has 3 nitrogen and oxygen atoms in total. The zero-order valence-electron chi connectivity index (χ0n) is 14.0. The maximum absolute atomic E-state index is 5.53. The van der Waals surface area contributed by atoms with E-state index in [0.29, 0.717) is 17.0 Å². The highest BCUT2D eigenvalue weighted by Crippen LogP contribution is 2.38. The van der Waals surface area contributed by atoms with E-state index >= 15 is 0 Å². The van der Waals surface area contributed by atoms with Crippen LogP contribution in [0.25, 0.3) is 0 Å². The molecular weight excluding hydrogens is 248 g/mol. The van der Waals surface area contributed by atoms with E-state index in [-0.39, 0.29) is 0 Å². The molecule has 1 atom stereocenters. The van der Waals surface area contributed by atoms with Crippen molar-refractivity contribution in [1.29, 1.82) is 0 Å². The van der Waals surface area contributed by atoms with Gasteiger partial charge in [0, 0.05) is 44.4 Å². The second-order valence-corrected chi connectivity index (χ2v) is 7.73. The number of ether oxygens (including phenoxy) is 1. The van der Waals surface area contributed by atoms with E-state index < -0.39 is 0 Å². The van der Waals surface area contributed by atoms with Crippen molar-refractivity contribution in [3.05, 3.63) is 0 Å². The van der Waals surface area contributed by atoms with Crippen LogP contribution >= 0.6 is 0 Å². The Labute approximate surface area is 125 Å². The normalized spacial score (nSPS) is 27.3.